The number of nitrogens with one attached hydrogen (secondary N) is 1. The molecule has 3 nitrogen and oxygen atoms in total. The Kier molecular flexibility index (Phi) is 2.03. The number of anilines is 2. The lowest BCUT2D eigenvalue weighted by Gasteiger charge is -2.22. The first-order valence-electron chi connectivity index (χ1n) is 5.31. The van der Waals surface area contributed by atoms with Crippen molar-refractivity contribution in [3.63, 3.8) is 0 Å². The number of fused-ring (bicyclic) bond motifs is 2. The highest BCUT2D eigenvalue weighted by atomic mass is 32.2. The van der Waals surface area contributed by atoms with Crippen LogP contribution in [0.15, 0.2) is 52.3 Å². The molecule has 1 heterocycles. The standard InChI is InChI=1S/C13H11NO2S/c1-9-5-4-8-12-13(9)14-10-6-2-3-7-11(10)17(12,15)16/h2-8,14H,1H3. The van der Waals surface area contributed by atoms with Gasteiger partial charge in [-0.1, -0.05) is 24.3 Å². The summed E-state index contributed by atoms with van der Waals surface area (Å²) >= 11 is 0. The van der Waals surface area contributed by atoms with Gasteiger partial charge in [0.2, 0.25) is 9.84 Å². The van der Waals surface area contributed by atoms with Gasteiger partial charge in [0.25, 0.3) is 0 Å². The van der Waals surface area contributed by atoms with Crippen molar-refractivity contribution in [2.45, 2.75) is 16.7 Å². The second-order valence-corrected chi connectivity index (χ2v) is 5.96. The molecule has 0 saturated heterocycles. The summed E-state index contributed by atoms with van der Waals surface area (Å²) in [6, 6.07) is 12.3. The summed E-state index contributed by atoms with van der Waals surface area (Å²) in [7, 11) is -3.39. The van der Waals surface area contributed by atoms with E-state index < -0.39 is 9.84 Å². The first-order valence-corrected chi connectivity index (χ1v) is 6.80. The van der Waals surface area contributed by atoms with E-state index in [9.17, 15) is 8.42 Å². The third-order valence-electron chi connectivity index (χ3n) is 2.96. The molecule has 0 aliphatic carbocycles. The van der Waals surface area contributed by atoms with Crippen LogP contribution in [0.2, 0.25) is 0 Å². The summed E-state index contributed by atoms with van der Waals surface area (Å²) in [6.07, 6.45) is 0. The van der Waals surface area contributed by atoms with E-state index in [2.05, 4.69) is 5.32 Å². The number of benzene rings is 2. The van der Waals surface area contributed by atoms with Gasteiger partial charge in [-0.3, -0.25) is 0 Å². The number of para-hydroxylation sites is 2. The predicted molar refractivity (Wildman–Crippen MR) is 66.4 cm³/mol. The Labute approximate surface area is 100 Å². The van der Waals surface area contributed by atoms with Crippen LogP contribution in [0.4, 0.5) is 11.4 Å². The maximum Gasteiger partial charge on any atom is 0.210 e. The molecule has 2 aromatic carbocycles. The number of hydrogen-bond acceptors (Lipinski definition) is 3. The van der Waals surface area contributed by atoms with Gasteiger partial charge in [-0.2, -0.15) is 0 Å². The zero-order valence-electron chi connectivity index (χ0n) is 9.27. The topological polar surface area (TPSA) is 46.2 Å². The molecule has 0 bridgehead atoms. The van der Waals surface area contributed by atoms with Gasteiger partial charge in [-0.05, 0) is 30.7 Å². The molecule has 4 heteroatoms. The normalized spacial score (nSPS) is 15.6. The minimum absolute atomic E-state index is 0.345. The second kappa shape index (κ2) is 3.34. The SMILES string of the molecule is Cc1cccc2c1Nc1ccccc1S2(=O)=O. The Bertz CT molecular complexity index is 705. The molecule has 1 N–H and O–H groups in total. The zero-order chi connectivity index (χ0) is 12.0. The third kappa shape index (κ3) is 1.37. The molecule has 1 aliphatic rings. The molecule has 2 aromatic rings. The van der Waals surface area contributed by atoms with Gasteiger partial charge in [0, 0.05) is 0 Å². The highest BCUT2D eigenvalue weighted by molar-refractivity contribution is 7.92. The van der Waals surface area contributed by atoms with E-state index in [1.54, 1.807) is 30.3 Å². The van der Waals surface area contributed by atoms with Crippen molar-refractivity contribution in [3.05, 3.63) is 48.0 Å². The molecule has 0 saturated carbocycles. The van der Waals surface area contributed by atoms with Gasteiger partial charge in [-0.15, -0.1) is 0 Å². The molecule has 1 aliphatic heterocycles. The van der Waals surface area contributed by atoms with Gasteiger partial charge >= 0.3 is 0 Å². The number of sulfone groups is 1. The Morgan fingerprint density at radius 1 is 0.941 bits per heavy atom. The second-order valence-electron chi connectivity index (χ2n) is 4.07. The summed E-state index contributed by atoms with van der Waals surface area (Å²) in [4.78, 5) is 0.703. The molecular formula is C13H11NO2S. The van der Waals surface area contributed by atoms with E-state index >= 15 is 0 Å². The molecule has 0 aromatic heterocycles. The number of hydrogen-bond donors (Lipinski definition) is 1. The summed E-state index contributed by atoms with van der Waals surface area (Å²) < 4.78 is 24.8. The summed E-state index contributed by atoms with van der Waals surface area (Å²) in [5.74, 6) is 0. The Balaban J connectivity index is 2.39. The molecule has 0 unspecified atom stereocenters. The molecular weight excluding hydrogens is 234 g/mol. The Morgan fingerprint density at radius 2 is 1.65 bits per heavy atom. The van der Waals surface area contributed by atoms with Crippen LogP contribution in [0.5, 0.6) is 0 Å². The van der Waals surface area contributed by atoms with E-state index in [0.29, 0.717) is 21.2 Å². The van der Waals surface area contributed by atoms with E-state index in [0.717, 1.165) is 5.56 Å². The Hall–Kier alpha value is -1.81. The van der Waals surface area contributed by atoms with Crippen molar-refractivity contribution in [3.8, 4) is 0 Å². The van der Waals surface area contributed by atoms with Crippen molar-refractivity contribution >= 4 is 21.2 Å². The summed E-state index contributed by atoms with van der Waals surface area (Å²) in [5, 5.41) is 3.19. The fourth-order valence-electron chi connectivity index (χ4n) is 2.08. The van der Waals surface area contributed by atoms with Crippen molar-refractivity contribution < 1.29 is 8.42 Å². The molecule has 0 spiro atoms. The Morgan fingerprint density at radius 3 is 2.47 bits per heavy atom. The maximum absolute atomic E-state index is 12.4. The predicted octanol–water partition coefficient (Wildman–Crippen LogP) is 2.88. The van der Waals surface area contributed by atoms with Gasteiger partial charge in [0.15, 0.2) is 0 Å². The molecule has 0 amide bonds. The summed E-state index contributed by atoms with van der Waals surface area (Å²) in [6.45, 7) is 1.90. The average Bonchev–Trinajstić information content (AvgIpc) is 2.31. The van der Waals surface area contributed by atoms with Gasteiger partial charge in [0.1, 0.15) is 0 Å². The van der Waals surface area contributed by atoms with Crippen LogP contribution in [0, 0.1) is 6.92 Å². The molecule has 86 valence electrons. The van der Waals surface area contributed by atoms with E-state index in [1.165, 1.54) is 0 Å². The first-order chi connectivity index (χ1) is 8.10. The quantitative estimate of drug-likeness (QED) is 0.662. The van der Waals surface area contributed by atoms with Gasteiger partial charge in [0.05, 0.1) is 21.2 Å². The molecule has 17 heavy (non-hydrogen) atoms. The first kappa shape index (κ1) is 10.4. The van der Waals surface area contributed by atoms with Crippen molar-refractivity contribution in [2.24, 2.45) is 0 Å². The maximum atomic E-state index is 12.4. The monoisotopic (exact) mass is 245 g/mol. The van der Waals surface area contributed by atoms with Crippen LogP contribution in [0.1, 0.15) is 5.56 Å². The van der Waals surface area contributed by atoms with Gasteiger partial charge < -0.3 is 5.32 Å². The smallest absolute Gasteiger partial charge is 0.210 e. The van der Waals surface area contributed by atoms with Crippen LogP contribution in [-0.4, -0.2) is 8.42 Å². The molecule has 0 radical (unpaired) electrons. The zero-order valence-corrected chi connectivity index (χ0v) is 10.1. The highest BCUT2D eigenvalue weighted by Crippen LogP contribution is 2.40. The lowest BCUT2D eigenvalue weighted by Crippen LogP contribution is -2.14. The van der Waals surface area contributed by atoms with Crippen molar-refractivity contribution in [1.29, 1.82) is 0 Å². The lowest BCUT2D eigenvalue weighted by atomic mass is 10.2. The van der Waals surface area contributed by atoms with Gasteiger partial charge in [-0.25, -0.2) is 8.42 Å². The van der Waals surface area contributed by atoms with Crippen LogP contribution in [0.3, 0.4) is 0 Å². The lowest BCUT2D eigenvalue weighted by molar-refractivity contribution is 0.595. The van der Waals surface area contributed by atoms with Crippen molar-refractivity contribution in [2.75, 3.05) is 5.32 Å². The van der Waals surface area contributed by atoms with E-state index in [1.807, 2.05) is 19.1 Å². The molecule has 3 rings (SSSR count). The van der Waals surface area contributed by atoms with Crippen LogP contribution >= 0.6 is 0 Å². The minimum atomic E-state index is -3.39. The molecule has 0 atom stereocenters. The number of aryl methyl sites for hydroxylation is 1. The van der Waals surface area contributed by atoms with Crippen LogP contribution in [0.25, 0.3) is 0 Å². The minimum Gasteiger partial charge on any atom is -0.353 e. The highest BCUT2D eigenvalue weighted by Gasteiger charge is 2.29. The largest absolute Gasteiger partial charge is 0.353 e. The fraction of sp³-hybridized carbons (Fsp3) is 0.0769. The molecule has 0 fully saturated rings. The van der Waals surface area contributed by atoms with Crippen LogP contribution < -0.4 is 5.32 Å². The fourth-order valence-corrected chi connectivity index (χ4v) is 3.72. The average molecular weight is 245 g/mol. The van der Waals surface area contributed by atoms with E-state index in [-0.39, 0.29) is 0 Å². The van der Waals surface area contributed by atoms with E-state index in [4.69, 9.17) is 0 Å². The number of rotatable bonds is 0. The summed E-state index contributed by atoms with van der Waals surface area (Å²) in [5.41, 5.74) is 2.26. The van der Waals surface area contributed by atoms with Crippen LogP contribution in [-0.2, 0) is 9.84 Å². The van der Waals surface area contributed by atoms with Crippen molar-refractivity contribution in [1.82, 2.24) is 0 Å². The third-order valence-corrected chi connectivity index (χ3v) is 4.81.